The fourth-order valence-corrected chi connectivity index (χ4v) is 2.60. The molecule has 1 N–H and O–H groups in total. The first-order valence-corrected chi connectivity index (χ1v) is 7.05. The van der Waals surface area contributed by atoms with Crippen LogP contribution in [0.5, 0.6) is 0 Å². The Hall–Kier alpha value is -2.73. The Morgan fingerprint density at radius 3 is 2.57 bits per heavy atom. The molecule has 1 aliphatic rings. The standard InChI is InChI=1S/C16H10ClFN2O3/c17-12-6-2-5-11-14(12)16(23)20(15(11)22)8-13(21)19-10-4-1-3-9(18)7-10/h1-7H,8H2,(H,19,21). The molecule has 0 aliphatic carbocycles. The van der Waals surface area contributed by atoms with Crippen LogP contribution in [0.4, 0.5) is 10.1 Å². The van der Waals surface area contributed by atoms with Crippen molar-refractivity contribution in [2.24, 2.45) is 0 Å². The highest BCUT2D eigenvalue weighted by Crippen LogP contribution is 2.28. The molecule has 0 bridgehead atoms. The number of carbonyl (C=O) groups is 3. The normalized spacial score (nSPS) is 13.2. The molecule has 3 amide bonds. The zero-order valence-electron chi connectivity index (χ0n) is 11.7. The second-order valence-corrected chi connectivity index (χ2v) is 5.32. The molecule has 2 aromatic carbocycles. The van der Waals surface area contributed by atoms with Crippen LogP contribution in [-0.4, -0.2) is 29.2 Å². The highest BCUT2D eigenvalue weighted by Gasteiger charge is 2.38. The molecule has 0 fully saturated rings. The van der Waals surface area contributed by atoms with E-state index in [2.05, 4.69) is 5.32 Å². The molecule has 5 nitrogen and oxygen atoms in total. The van der Waals surface area contributed by atoms with Crippen LogP contribution in [0.2, 0.25) is 5.02 Å². The molecule has 1 aliphatic heterocycles. The molecule has 0 atom stereocenters. The van der Waals surface area contributed by atoms with Crippen LogP contribution in [-0.2, 0) is 4.79 Å². The van der Waals surface area contributed by atoms with E-state index in [9.17, 15) is 18.8 Å². The molecule has 2 aromatic rings. The maximum Gasteiger partial charge on any atom is 0.263 e. The first-order valence-electron chi connectivity index (χ1n) is 6.67. The quantitative estimate of drug-likeness (QED) is 0.879. The summed E-state index contributed by atoms with van der Waals surface area (Å²) in [7, 11) is 0. The van der Waals surface area contributed by atoms with Crippen molar-refractivity contribution < 1.29 is 18.8 Å². The average molecular weight is 333 g/mol. The van der Waals surface area contributed by atoms with Crippen molar-refractivity contribution in [3.05, 3.63) is 64.4 Å². The van der Waals surface area contributed by atoms with E-state index in [-0.39, 0.29) is 21.8 Å². The molecule has 0 unspecified atom stereocenters. The summed E-state index contributed by atoms with van der Waals surface area (Å²) in [6.45, 7) is -0.473. The molecule has 23 heavy (non-hydrogen) atoms. The van der Waals surface area contributed by atoms with Gasteiger partial charge in [-0.25, -0.2) is 4.39 Å². The van der Waals surface area contributed by atoms with Crippen molar-refractivity contribution in [3.63, 3.8) is 0 Å². The first kappa shape index (κ1) is 15.2. The Morgan fingerprint density at radius 2 is 1.87 bits per heavy atom. The average Bonchev–Trinajstić information content (AvgIpc) is 2.73. The Balaban J connectivity index is 1.77. The van der Waals surface area contributed by atoms with Crippen molar-refractivity contribution in [3.8, 4) is 0 Å². The molecule has 0 saturated heterocycles. The van der Waals surface area contributed by atoms with E-state index in [0.717, 1.165) is 11.0 Å². The number of hydrogen-bond donors (Lipinski definition) is 1. The number of amides is 3. The number of rotatable bonds is 3. The molecular weight excluding hydrogens is 323 g/mol. The van der Waals surface area contributed by atoms with Gasteiger partial charge in [0.1, 0.15) is 12.4 Å². The predicted octanol–water partition coefficient (Wildman–Crippen LogP) is 2.71. The lowest BCUT2D eigenvalue weighted by Crippen LogP contribution is -2.37. The number of nitrogens with zero attached hydrogens (tertiary/aromatic N) is 1. The highest BCUT2D eigenvalue weighted by molar-refractivity contribution is 6.37. The maximum atomic E-state index is 13.1. The van der Waals surface area contributed by atoms with Crippen LogP contribution in [0.25, 0.3) is 0 Å². The van der Waals surface area contributed by atoms with Crippen LogP contribution >= 0.6 is 11.6 Å². The van der Waals surface area contributed by atoms with Crippen LogP contribution in [0, 0.1) is 5.82 Å². The molecule has 0 saturated carbocycles. The maximum absolute atomic E-state index is 13.1. The minimum atomic E-state index is -0.620. The van der Waals surface area contributed by atoms with Crippen LogP contribution < -0.4 is 5.32 Å². The molecule has 1 heterocycles. The lowest BCUT2D eigenvalue weighted by atomic mass is 10.1. The van der Waals surface area contributed by atoms with Crippen LogP contribution in [0.15, 0.2) is 42.5 Å². The number of nitrogens with one attached hydrogen (secondary N) is 1. The first-order chi connectivity index (χ1) is 11.0. The van der Waals surface area contributed by atoms with Crippen molar-refractivity contribution >= 4 is 35.0 Å². The van der Waals surface area contributed by atoms with E-state index < -0.39 is 30.1 Å². The third-order valence-electron chi connectivity index (χ3n) is 3.36. The van der Waals surface area contributed by atoms with Crippen LogP contribution in [0.1, 0.15) is 20.7 Å². The topological polar surface area (TPSA) is 66.5 Å². The Bertz CT molecular complexity index is 838. The van der Waals surface area contributed by atoms with Crippen molar-refractivity contribution in [2.75, 3.05) is 11.9 Å². The number of carbonyl (C=O) groups excluding carboxylic acids is 3. The van der Waals surface area contributed by atoms with Gasteiger partial charge in [0.2, 0.25) is 5.91 Å². The Kier molecular flexibility index (Phi) is 3.83. The van der Waals surface area contributed by atoms with Gasteiger partial charge in [0.15, 0.2) is 0 Å². The van der Waals surface area contributed by atoms with Gasteiger partial charge in [-0.2, -0.15) is 0 Å². The molecule has 3 rings (SSSR count). The molecule has 0 spiro atoms. The summed E-state index contributed by atoms with van der Waals surface area (Å²) in [6, 6.07) is 9.85. The van der Waals surface area contributed by atoms with E-state index in [1.54, 1.807) is 6.07 Å². The van der Waals surface area contributed by atoms with Gasteiger partial charge in [0.05, 0.1) is 16.1 Å². The van der Waals surface area contributed by atoms with Gasteiger partial charge in [-0.05, 0) is 30.3 Å². The van der Waals surface area contributed by atoms with Gasteiger partial charge < -0.3 is 5.32 Å². The van der Waals surface area contributed by atoms with E-state index in [1.807, 2.05) is 0 Å². The fourth-order valence-electron chi connectivity index (χ4n) is 2.35. The Labute approximate surface area is 135 Å². The smallest absolute Gasteiger partial charge is 0.263 e. The minimum Gasteiger partial charge on any atom is -0.324 e. The predicted molar refractivity (Wildman–Crippen MR) is 81.8 cm³/mol. The van der Waals surface area contributed by atoms with Crippen molar-refractivity contribution in [1.29, 1.82) is 0 Å². The second-order valence-electron chi connectivity index (χ2n) is 4.92. The summed E-state index contributed by atoms with van der Waals surface area (Å²) in [5.41, 5.74) is 0.503. The highest BCUT2D eigenvalue weighted by atomic mass is 35.5. The summed E-state index contributed by atoms with van der Waals surface area (Å²) in [6.07, 6.45) is 0. The second kappa shape index (κ2) is 5.81. The third kappa shape index (κ3) is 2.80. The van der Waals surface area contributed by atoms with Gasteiger partial charge >= 0.3 is 0 Å². The summed E-state index contributed by atoms with van der Waals surface area (Å²) in [4.78, 5) is 37.3. The van der Waals surface area contributed by atoms with Gasteiger partial charge in [-0.1, -0.05) is 23.7 Å². The summed E-state index contributed by atoms with van der Waals surface area (Å²) in [5.74, 6) is -2.32. The zero-order valence-corrected chi connectivity index (χ0v) is 12.4. The number of halogens is 2. The number of imide groups is 1. The van der Waals surface area contributed by atoms with Crippen molar-refractivity contribution in [2.45, 2.75) is 0 Å². The number of hydrogen-bond acceptors (Lipinski definition) is 3. The molecule has 7 heteroatoms. The van der Waals surface area contributed by atoms with Crippen LogP contribution in [0.3, 0.4) is 0 Å². The number of anilines is 1. The SMILES string of the molecule is O=C(CN1C(=O)c2cccc(Cl)c2C1=O)Nc1cccc(F)c1. The molecular formula is C16H10ClFN2O3. The van der Waals surface area contributed by atoms with E-state index >= 15 is 0 Å². The van der Waals surface area contributed by atoms with Gasteiger partial charge in [0.25, 0.3) is 11.8 Å². The van der Waals surface area contributed by atoms with E-state index in [1.165, 1.54) is 30.3 Å². The third-order valence-corrected chi connectivity index (χ3v) is 3.67. The monoisotopic (exact) mass is 332 g/mol. The van der Waals surface area contributed by atoms with Gasteiger partial charge in [-0.15, -0.1) is 0 Å². The molecule has 0 aromatic heterocycles. The number of benzene rings is 2. The lowest BCUT2D eigenvalue weighted by Gasteiger charge is -2.13. The largest absolute Gasteiger partial charge is 0.324 e. The zero-order chi connectivity index (χ0) is 16.6. The number of fused-ring (bicyclic) bond motifs is 1. The minimum absolute atomic E-state index is 0.0951. The van der Waals surface area contributed by atoms with E-state index in [0.29, 0.717) is 0 Å². The summed E-state index contributed by atoms with van der Waals surface area (Å²) in [5, 5.41) is 2.60. The lowest BCUT2D eigenvalue weighted by molar-refractivity contribution is -0.116. The summed E-state index contributed by atoms with van der Waals surface area (Å²) < 4.78 is 13.1. The van der Waals surface area contributed by atoms with Gasteiger partial charge in [0, 0.05) is 5.69 Å². The van der Waals surface area contributed by atoms with E-state index in [4.69, 9.17) is 11.6 Å². The van der Waals surface area contributed by atoms with Gasteiger partial charge in [-0.3, -0.25) is 19.3 Å². The van der Waals surface area contributed by atoms with Crippen molar-refractivity contribution in [1.82, 2.24) is 4.90 Å². The Morgan fingerprint density at radius 1 is 1.13 bits per heavy atom. The summed E-state index contributed by atoms with van der Waals surface area (Å²) >= 11 is 5.94. The fraction of sp³-hybridized carbons (Fsp3) is 0.0625. The molecule has 0 radical (unpaired) electrons. The molecule has 116 valence electrons.